The molecule has 0 radical (unpaired) electrons. The lowest BCUT2D eigenvalue weighted by molar-refractivity contribution is 0.835. The Kier molecular flexibility index (Phi) is 5.26. The first kappa shape index (κ1) is 15.9. The van der Waals surface area contributed by atoms with E-state index in [1.807, 2.05) is 13.0 Å². The van der Waals surface area contributed by atoms with Crippen molar-refractivity contribution in [3.05, 3.63) is 40.1 Å². The molecular formula is C15H18Cl2N4. The Labute approximate surface area is 135 Å². The van der Waals surface area contributed by atoms with Crippen molar-refractivity contribution < 1.29 is 0 Å². The summed E-state index contributed by atoms with van der Waals surface area (Å²) in [5.74, 6) is 2.31. The smallest absolute Gasteiger partial charge is 0.136 e. The normalized spacial score (nSPS) is 10.5. The Morgan fingerprint density at radius 1 is 1.10 bits per heavy atom. The van der Waals surface area contributed by atoms with E-state index < -0.39 is 0 Å². The minimum atomic E-state index is 0.597. The number of anilines is 3. The van der Waals surface area contributed by atoms with Crippen molar-refractivity contribution >= 4 is 40.5 Å². The van der Waals surface area contributed by atoms with Crippen LogP contribution in [0.5, 0.6) is 0 Å². The molecule has 0 fully saturated rings. The van der Waals surface area contributed by atoms with Crippen molar-refractivity contribution in [1.29, 1.82) is 0 Å². The highest BCUT2D eigenvalue weighted by molar-refractivity contribution is 6.35. The van der Waals surface area contributed by atoms with Crippen molar-refractivity contribution in [2.24, 2.45) is 0 Å². The van der Waals surface area contributed by atoms with Crippen molar-refractivity contribution in [1.82, 2.24) is 9.97 Å². The molecule has 112 valence electrons. The van der Waals surface area contributed by atoms with Gasteiger partial charge in [0.1, 0.15) is 17.5 Å². The van der Waals surface area contributed by atoms with Crippen LogP contribution >= 0.6 is 23.2 Å². The van der Waals surface area contributed by atoms with Crippen LogP contribution in [-0.4, -0.2) is 23.1 Å². The SMILES string of the molecule is CCN(CC)c1cc(Nc2cc(Cl)ccc2Cl)nc(C)n1. The molecule has 0 amide bonds. The predicted molar refractivity (Wildman–Crippen MR) is 90.1 cm³/mol. The van der Waals surface area contributed by atoms with Gasteiger partial charge in [-0.15, -0.1) is 0 Å². The van der Waals surface area contributed by atoms with Crippen LogP contribution in [0.1, 0.15) is 19.7 Å². The average Bonchev–Trinajstić information content (AvgIpc) is 2.44. The van der Waals surface area contributed by atoms with Gasteiger partial charge in [0.05, 0.1) is 10.7 Å². The second-order valence-electron chi connectivity index (χ2n) is 4.58. The number of benzene rings is 1. The molecule has 21 heavy (non-hydrogen) atoms. The zero-order valence-electron chi connectivity index (χ0n) is 12.3. The molecule has 0 aliphatic heterocycles. The van der Waals surface area contributed by atoms with Crippen molar-refractivity contribution in [2.45, 2.75) is 20.8 Å². The molecule has 0 spiro atoms. The number of hydrogen-bond donors (Lipinski definition) is 1. The largest absolute Gasteiger partial charge is 0.357 e. The number of nitrogens with one attached hydrogen (secondary N) is 1. The van der Waals surface area contributed by atoms with Gasteiger partial charge in [0.15, 0.2) is 0 Å². The van der Waals surface area contributed by atoms with E-state index in [0.717, 1.165) is 24.6 Å². The fraction of sp³-hybridized carbons (Fsp3) is 0.333. The summed E-state index contributed by atoms with van der Waals surface area (Å²) in [4.78, 5) is 11.0. The molecule has 0 saturated carbocycles. The quantitative estimate of drug-likeness (QED) is 0.866. The molecule has 0 aliphatic carbocycles. The molecule has 4 nitrogen and oxygen atoms in total. The van der Waals surface area contributed by atoms with E-state index in [2.05, 4.69) is 34.0 Å². The molecule has 0 saturated heterocycles. The third kappa shape index (κ3) is 3.99. The average molecular weight is 325 g/mol. The molecule has 0 atom stereocenters. The molecular weight excluding hydrogens is 307 g/mol. The lowest BCUT2D eigenvalue weighted by Gasteiger charge is -2.20. The Balaban J connectivity index is 2.34. The maximum absolute atomic E-state index is 6.17. The van der Waals surface area contributed by atoms with Gasteiger partial charge in [0.25, 0.3) is 0 Å². The summed E-state index contributed by atoms with van der Waals surface area (Å²) in [5.41, 5.74) is 0.729. The molecule has 1 aromatic heterocycles. The Bertz CT molecular complexity index is 627. The van der Waals surface area contributed by atoms with E-state index in [-0.39, 0.29) is 0 Å². The molecule has 0 unspecified atom stereocenters. The van der Waals surface area contributed by atoms with Crippen LogP contribution in [0.2, 0.25) is 10.0 Å². The van der Waals surface area contributed by atoms with Crippen LogP contribution < -0.4 is 10.2 Å². The molecule has 1 aromatic carbocycles. The second kappa shape index (κ2) is 6.96. The van der Waals surface area contributed by atoms with Gasteiger partial charge in [-0.25, -0.2) is 9.97 Å². The fourth-order valence-electron chi connectivity index (χ4n) is 2.06. The number of halogens is 2. The third-order valence-corrected chi connectivity index (χ3v) is 3.67. The zero-order valence-corrected chi connectivity index (χ0v) is 13.8. The number of hydrogen-bond acceptors (Lipinski definition) is 4. The van der Waals surface area contributed by atoms with Crippen LogP contribution in [0, 0.1) is 6.92 Å². The zero-order chi connectivity index (χ0) is 15.4. The molecule has 2 aromatic rings. The Morgan fingerprint density at radius 2 is 1.81 bits per heavy atom. The topological polar surface area (TPSA) is 41.0 Å². The van der Waals surface area contributed by atoms with E-state index >= 15 is 0 Å². The van der Waals surface area contributed by atoms with Gasteiger partial charge < -0.3 is 10.2 Å². The monoisotopic (exact) mass is 324 g/mol. The number of rotatable bonds is 5. The summed E-state index contributed by atoms with van der Waals surface area (Å²) < 4.78 is 0. The Morgan fingerprint density at radius 3 is 2.48 bits per heavy atom. The fourth-order valence-corrected chi connectivity index (χ4v) is 2.39. The van der Waals surface area contributed by atoms with Crippen molar-refractivity contribution in [2.75, 3.05) is 23.3 Å². The Hall–Kier alpha value is -1.52. The molecule has 1 N–H and O–H groups in total. The van der Waals surface area contributed by atoms with Crippen LogP contribution in [-0.2, 0) is 0 Å². The standard InChI is InChI=1S/C15H18Cl2N4/c1-4-21(5-2)15-9-14(18-10(3)19-15)20-13-8-11(16)6-7-12(13)17/h6-9H,4-5H2,1-3H3,(H,18,19,20). The summed E-state index contributed by atoms with van der Waals surface area (Å²) >= 11 is 12.2. The first-order chi connectivity index (χ1) is 10.0. The number of nitrogens with zero attached hydrogens (tertiary/aromatic N) is 3. The molecule has 1 heterocycles. The summed E-state index contributed by atoms with van der Waals surface area (Å²) in [7, 11) is 0. The molecule has 6 heteroatoms. The highest BCUT2D eigenvalue weighted by Crippen LogP contribution is 2.28. The lowest BCUT2D eigenvalue weighted by Crippen LogP contribution is -2.23. The summed E-state index contributed by atoms with van der Waals surface area (Å²) in [6, 6.07) is 7.20. The van der Waals surface area contributed by atoms with E-state index in [9.17, 15) is 0 Å². The number of aromatic nitrogens is 2. The van der Waals surface area contributed by atoms with Crippen molar-refractivity contribution in [3.8, 4) is 0 Å². The van der Waals surface area contributed by atoms with Gasteiger partial charge in [-0.2, -0.15) is 0 Å². The molecule has 2 rings (SSSR count). The van der Waals surface area contributed by atoms with Gasteiger partial charge in [0, 0.05) is 24.2 Å². The summed E-state index contributed by atoms with van der Waals surface area (Å²) in [6.07, 6.45) is 0. The van der Waals surface area contributed by atoms with Crippen LogP contribution in [0.15, 0.2) is 24.3 Å². The van der Waals surface area contributed by atoms with Gasteiger partial charge in [-0.3, -0.25) is 0 Å². The maximum Gasteiger partial charge on any atom is 0.136 e. The van der Waals surface area contributed by atoms with Crippen LogP contribution in [0.3, 0.4) is 0 Å². The second-order valence-corrected chi connectivity index (χ2v) is 5.42. The highest BCUT2D eigenvalue weighted by Gasteiger charge is 2.09. The number of aryl methyl sites for hydroxylation is 1. The van der Waals surface area contributed by atoms with Gasteiger partial charge >= 0.3 is 0 Å². The molecule has 0 aliphatic rings. The predicted octanol–water partition coefficient (Wildman–Crippen LogP) is 4.68. The lowest BCUT2D eigenvalue weighted by atomic mass is 10.3. The third-order valence-electron chi connectivity index (χ3n) is 3.10. The van der Waals surface area contributed by atoms with Crippen LogP contribution in [0.4, 0.5) is 17.3 Å². The first-order valence-electron chi connectivity index (χ1n) is 6.86. The first-order valence-corrected chi connectivity index (χ1v) is 7.61. The maximum atomic E-state index is 6.17. The molecule has 0 bridgehead atoms. The van der Waals surface area contributed by atoms with Crippen LogP contribution in [0.25, 0.3) is 0 Å². The highest BCUT2D eigenvalue weighted by atomic mass is 35.5. The van der Waals surface area contributed by atoms with E-state index in [0.29, 0.717) is 21.7 Å². The summed E-state index contributed by atoms with van der Waals surface area (Å²) in [5, 5.41) is 4.42. The van der Waals surface area contributed by atoms with Gasteiger partial charge in [-0.05, 0) is 39.0 Å². The minimum Gasteiger partial charge on any atom is -0.357 e. The summed E-state index contributed by atoms with van der Waals surface area (Å²) in [6.45, 7) is 7.86. The van der Waals surface area contributed by atoms with Crippen molar-refractivity contribution in [3.63, 3.8) is 0 Å². The van der Waals surface area contributed by atoms with E-state index in [4.69, 9.17) is 23.2 Å². The van der Waals surface area contributed by atoms with E-state index in [1.54, 1.807) is 18.2 Å². The van der Waals surface area contributed by atoms with Gasteiger partial charge in [0.2, 0.25) is 0 Å². The minimum absolute atomic E-state index is 0.597. The van der Waals surface area contributed by atoms with E-state index in [1.165, 1.54) is 0 Å². The van der Waals surface area contributed by atoms with Gasteiger partial charge in [-0.1, -0.05) is 23.2 Å².